The Balaban J connectivity index is 0.00000484. The first-order chi connectivity index (χ1) is 10.6. The third-order valence-electron chi connectivity index (χ3n) is 4.57. The van der Waals surface area contributed by atoms with Crippen LogP contribution in [0.15, 0.2) is 30.3 Å². The van der Waals surface area contributed by atoms with Crippen LogP contribution in [0, 0.1) is 0 Å². The summed E-state index contributed by atoms with van der Waals surface area (Å²) in [7, 11) is 4.72. The van der Waals surface area contributed by atoms with E-state index in [0.717, 1.165) is 11.0 Å². The van der Waals surface area contributed by atoms with Crippen LogP contribution in [-0.2, 0) is 6.54 Å². The van der Waals surface area contributed by atoms with Crippen molar-refractivity contribution in [1.29, 1.82) is 0 Å². The third-order valence-corrected chi connectivity index (χ3v) is 4.57. The van der Waals surface area contributed by atoms with Gasteiger partial charge in [-0.15, -0.1) is 0 Å². The van der Waals surface area contributed by atoms with Crippen LogP contribution in [0.5, 0.6) is 0 Å². The van der Waals surface area contributed by atoms with E-state index in [9.17, 15) is 0 Å². The van der Waals surface area contributed by atoms with Gasteiger partial charge in [0.2, 0.25) is 0 Å². The number of hydrogen-bond donors (Lipinski definition) is 0. The molecule has 23 heavy (non-hydrogen) atoms. The summed E-state index contributed by atoms with van der Waals surface area (Å²) in [6, 6.07) is 10.9. The number of quaternary nitrogens is 1. The van der Waals surface area contributed by atoms with E-state index in [-0.39, 0.29) is 5.48 Å². The molecule has 1 aromatic rings. The van der Waals surface area contributed by atoms with Gasteiger partial charge in [0.05, 0.1) is 20.6 Å². The second-order valence-corrected chi connectivity index (χ2v) is 7.49. The minimum atomic E-state index is 0. The third kappa shape index (κ3) is 12.3. The quantitative estimate of drug-likeness (QED) is 0.346. The van der Waals surface area contributed by atoms with Crippen molar-refractivity contribution in [3.8, 4) is 0 Å². The molecule has 1 aromatic carbocycles. The van der Waals surface area contributed by atoms with Crippen LogP contribution in [0.25, 0.3) is 0 Å². The maximum absolute atomic E-state index is 2.36. The number of rotatable bonds is 13. The molecule has 0 unspecified atom stereocenters. The average molecular weight is 323 g/mol. The van der Waals surface area contributed by atoms with E-state index < -0.39 is 0 Å². The van der Waals surface area contributed by atoms with Gasteiger partial charge in [-0.05, 0) is 12.8 Å². The van der Waals surface area contributed by atoms with Gasteiger partial charge in [-0.1, -0.05) is 88.6 Å². The molecule has 0 heterocycles. The van der Waals surface area contributed by atoms with E-state index in [1.165, 1.54) is 76.3 Å². The lowest BCUT2D eigenvalue weighted by atomic mass is 10.1. The van der Waals surface area contributed by atoms with E-state index in [4.69, 9.17) is 0 Å². The summed E-state index contributed by atoms with van der Waals surface area (Å²) < 4.78 is 1.11. The molecule has 0 aromatic heterocycles. The van der Waals surface area contributed by atoms with E-state index in [1.807, 2.05) is 0 Å². The van der Waals surface area contributed by atoms with Crippen LogP contribution in [0.1, 0.15) is 76.7 Å². The zero-order valence-corrected chi connectivity index (χ0v) is 15.8. The normalized spacial score (nSPS) is 11.3. The maximum Gasteiger partial charge on any atom is 0.104 e. The fraction of sp³-hybridized carbons (Fsp3) is 0.714. The van der Waals surface area contributed by atoms with Crippen molar-refractivity contribution in [2.24, 2.45) is 0 Å². The molecule has 0 saturated heterocycles. The average Bonchev–Trinajstić information content (AvgIpc) is 2.49. The molecule has 0 aliphatic rings. The highest BCUT2D eigenvalue weighted by Crippen LogP contribution is 2.13. The molecule has 0 aliphatic heterocycles. The summed E-state index contributed by atoms with van der Waals surface area (Å²) in [5.41, 5.74) is 1.46. The van der Waals surface area contributed by atoms with Gasteiger partial charge in [0, 0.05) is 5.56 Å². The SMILES string of the molecule is CCCCCCCCCCCC[N+](C)(C)Cc1ccccc1.O. The minimum Gasteiger partial charge on any atom is -0.412 e. The van der Waals surface area contributed by atoms with Gasteiger partial charge in [-0.25, -0.2) is 0 Å². The molecule has 0 spiro atoms. The molecular weight excluding hydrogens is 282 g/mol. The highest BCUT2D eigenvalue weighted by Gasteiger charge is 2.14. The number of hydrogen-bond acceptors (Lipinski definition) is 0. The number of benzene rings is 1. The molecule has 2 N–H and O–H groups in total. The zero-order valence-electron chi connectivity index (χ0n) is 15.8. The van der Waals surface area contributed by atoms with Crippen LogP contribution in [0.2, 0.25) is 0 Å². The first-order valence-electron chi connectivity index (χ1n) is 9.50. The Bertz CT molecular complexity index is 361. The predicted octanol–water partition coefficient (Wildman–Crippen LogP) is 5.36. The Hall–Kier alpha value is -0.860. The summed E-state index contributed by atoms with van der Waals surface area (Å²) in [4.78, 5) is 0. The largest absolute Gasteiger partial charge is 0.412 e. The van der Waals surface area contributed by atoms with Crippen molar-refractivity contribution in [3.63, 3.8) is 0 Å². The highest BCUT2D eigenvalue weighted by atomic mass is 16.0. The minimum absolute atomic E-state index is 0. The number of unbranched alkanes of at least 4 members (excludes halogenated alkanes) is 9. The van der Waals surface area contributed by atoms with Crippen molar-refractivity contribution in [2.45, 2.75) is 77.7 Å². The molecule has 0 amide bonds. The Labute approximate surface area is 144 Å². The lowest BCUT2D eigenvalue weighted by Crippen LogP contribution is -2.39. The van der Waals surface area contributed by atoms with E-state index in [2.05, 4.69) is 51.4 Å². The Morgan fingerprint density at radius 2 is 1.17 bits per heavy atom. The second kappa shape index (κ2) is 13.6. The molecule has 0 fully saturated rings. The van der Waals surface area contributed by atoms with Crippen LogP contribution in [0.3, 0.4) is 0 Å². The summed E-state index contributed by atoms with van der Waals surface area (Å²) in [5, 5.41) is 0. The van der Waals surface area contributed by atoms with Gasteiger partial charge in [0.25, 0.3) is 0 Å². The summed E-state index contributed by atoms with van der Waals surface area (Å²) in [6.07, 6.45) is 14.2. The van der Waals surface area contributed by atoms with Gasteiger partial charge in [-0.2, -0.15) is 0 Å². The van der Waals surface area contributed by atoms with E-state index in [0.29, 0.717) is 0 Å². The van der Waals surface area contributed by atoms with Crippen LogP contribution >= 0.6 is 0 Å². The van der Waals surface area contributed by atoms with Crippen molar-refractivity contribution in [1.82, 2.24) is 0 Å². The van der Waals surface area contributed by atoms with Crippen LogP contribution < -0.4 is 0 Å². The van der Waals surface area contributed by atoms with Crippen LogP contribution in [-0.4, -0.2) is 30.6 Å². The smallest absolute Gasteiger partial charge is 0.104 e. The molecule has 1 rings (SSSR count). The van der Waals surface area contributed by atoms with Crippen molar-refractivity contribution >= 4 is 0 Å². The molecule has 0 bridgehead atoms. The van der Waals surface area contributed by atoms with Gasteiger partial charge in [0.1, 0.15) is 6.54 Å². The fourth-order valence-electron chi connectivity index (χ4n) is 3.18. The van der Waals surface area contributed by atoms with Crippen molar-refractivity contribution < 1.29 is 9.96 Å². The predicted molar refractivity (Wildman–Crippen MR) is 103 cm³/mol. The Morgan fingerprint density at radius 1 is 0.696 bits per heavy atom. The molecule has 0 radical (unpaired) electrons. The molecule has 0 atom stereocenters. The van der Waals surface area contributed by atoms with Crippen molar-refractivity contribution in [2.75, 3.05) is 20.6 Å². The second-order valence-electron chi connectivity index (χ2n) is 7.49. The molecule has 0 aliphatic carbocycles. The Kier molecular flexibility index (Phi) is 13.1. The van der Waals surface area contributed by atoms with Crippen molar-refractivity contribution in [3.05, 3.63) is 35.9 Å². The molecular formula is C21H40NO+. The molecule has 2 nitrogen and oxygen atoms in total. The molecule has 2 heteroatoms. The fourth-order valence-corrected chi connectivity index (χ4v) is 3.18. The van der Waals surface area contributed by atoms with Gasteiger partial charge < -0.3 is 9.96 Å². The van der Waals surface area contributed by atoms with Gasteiger partial charge in [0.15, 0.2) is 0 Å². The van der Waals surface area contributed by atoms with Crippen LogP contribution in [0.4, 0.5) is 0 Å². The van der Waals surface area contributed by atoms with Gasteiger partial charge in [-0.3, -0.25) is 0 Å². The Morgan fingerprint density at radius 3 is 1.70 bits per heavy atom. The van der Waals surface area contributed by atoms with Gasteiger partial charge >= 0.3 is 0 Å². The summed E-state index contributed by atoms with van der Waals surface area (Å²) >= 11 is 0. The lowest BCUT2D eigenvalue weighted by Gasteiger charge is -2.30. The highest BCUT2D eigenvalue weighted by molar-refractivity contribution is 5.13. The number of nitrogens with zero attached hydrogens (tertiary/aromatic N) is 1. The summed E-state index contributed by atoms with van der Waals surface area (Å²) in [5.74, 6) is 0. The summed E-state index contributed by atoms with van der Waals surface area (Å²) in [6.45, 7) is 4.74. The monoisotopic (exact) mass is 322 g/mol. The first kappa shape index (κ1) is 22.1. The van der Waals surface area contributed by atoms with E-state index >= 15 is 0 Å². The first-order valence-corrected chi connectivity index (χ1v) is 9.50. The molecule has 134 valence electrons. The topological polar surface area (TPSA) is 31.5 Å². The standard InChI is InChI=1S/C21H38N.H2O/c1-4-5-6-7-8-9-10-11-12-16-19-22(2,3)20-21-17-14-13-15-18-21;/h13-15,17-18H,4-12,16,19-20H2,1-3H3;1H2/q+1;. The molecule has 0 saturated carbocycles. The van der Waals surface area contributed by atoms with E-state index in [1.54, 1.807) is 0 Å². The lowest BCUT2D eigenvalue weighted by molar-refractivity contribution is -0.903. The maximum atomic E-state index is 2.36. The zero-order chi connectivity index (χ0) is 16.1.